The van der Waals surface area contributed by atoms with Gasteiger partial charge in [0, 0.05) is 14.5 Å². The quantitative estimate of drug-likeness (QED) is 0.812. The predicted molar refractivity (Wildman–Crippen MR) is 72.3 cm³/mol. The van der Waals surface area contributed by atoms with Gasteiger partial charge in [-0.3, -0.25) is 0 Å². The van der Waals surface area contributed by atoms with Crippen LogP contribution in [0, 0.1) is 11.6 Å². The molecule has 0 saturated carbocycles. The van der Waals surface area contributed by atoms with Crippen LogP contribution in [0.1, 0.15) is 17.2 Å². The van der Waals surface area contributed by atoms with Crippen LogP contribution < -0.4 is 0 Å². The summed E-state index contributed by atoms with van der Waals surface area (Å²) in [4.78, 5) is 0. The number of rotatable bonds is 2. The summed E-state index contributed by atoms with van der Waals surface area (Å²) < 4.78 is 28.0. The predicted octanol–water partition coefficient (Wildman–Crippen LogP) is 4.57. The van der Waals surface area contributed by atoms with E-state index in [1.807, 2.05) is 0 Å². The average molecular weight is 378 g/mol. The fraction of sp³-hybridized carbons (Fsp3) is 0.0769. The molecule has 2 aromatic rings. The Kier molecular flexibility index (Phi) is 4.14. The molecule has 1 nitrogen and oxygen atoms in total. The highest BCUT2D eigenvalue weighted by atomic mass is 79.9. The molecule has 1 N–H and O–H groups in total. The second-order valence-electron chi connectivity index (χ2n) is 3.77. The van der Waals surface area contributed by atoms with E-state index >= 15 is 0 Å². The SMILES string of the molecule is OC(c1cc(F)cc(Br)c1)c1cc(Br)ccc1F. The molecule has 0 saturated heterocycles. The van der Waals surface area contributed by atoms with Gasteiger partial charge in [0.1, 0.15) is 17.7 Å². The molecule has 0 heterocycles. The van der Waals surface area contributed by atoms with Crippen molar-refractivity contribution in [2.24, 2.45) is 0 Å². The molecular formula is C13H8Br2F2O. The van der Waals surface area contributed by atoms with Gasteiger partial charge in [-0.25, -0.2) is 8.78 Å². The summed E-state index contributed by atoms with van der Waals surface area (Å²) in [5.41, 5.74) is 0.390. The maximum atomic E-state index is 13.6. The Bertz CT molecular complexity index is 567. The van der Waals surface area contributed by atoms with Crippen LogP contribution >= 0.6 is 31.9 Å². The van der Waals surface area contributed by atoms with Crippen LogP contribution in [0.15, 0.2) is 45.3 Å². The number of benzene rings is 2. The lowest BCUT2D eigenvalue weighted by Crippen LogP contribution is -2.03. The number of aliphatic hydroxyl groups excluding tert-OH is 1. The van der Waals surface area contributed by atoms with Gasteiger partial charge >= 0.3 is 0 Å². The Morgan fingerprint density at radius 2 is 1.67 bits per heavy atom. The van der Waals surface area contributed by atoms with E-state index in [4.69, 9.17) is 0 Å². The van der Waals surface area contributed by atoms with E-state index in [9.17, 15) is 13.9 Å². The van der Waals surface area contributed by atoms with Crippen LogP contribution in [-0.4, -0.2) is 5.11 Å². The molecule has 0 radical (unpaired) electrons. The summed E-state index contributed by atoms with van der Waals surface area (Å²) in [5, 5.41) is 10.1. The minimum Gasteiger partial charge on any atom is -0.384 e. The van der Waals surface area contributed by atoms with Gasteiger partial charge < -0.3 is 5.11 Å². The first-order valence-electron chi connectivity index (χ1n) is 5.06. The van der Waals surface area contributed by atoms with Crippen molar-refractivity contribution in [1.82, 2.24) is 0 Å². The number of hydrogen-bond acceptors (Lipinski definition) is 1. The summed E-state index contributed by atoms with van der Waals surface area (Å²) in [5.74, 6) is -1.03. The molecule has 0 bridgehead atoms. The van der Waals surface area contributed by atoms with E-state index in [1.165, 1.54) is 30.3 Å². The van der Waals surface area contributed by atoms with Crippen molar-refractivity contribution in [3.05, 3.63) is 68.1 Å². The van der Waals surface area contributed by atoms with Crippen LogP contribution in [0.5, 0.6) is 0 Å². The Morgan fingerprint density at radius 1 is 0.944 bits per heavy atom. The minimum absolute atomic E-state index is 0.0990. The summed E-state index contributed by atoms with van der Waals surface area (Å²) in [6, 6.07) is 8.25. The third-order valence-electron chi connectivity index (χ3n) is 2.45. The molecule has 2 rings (SSSR count). The van der Waals surface area contributed by atoms with Crippen molar-refractivity contribution < 1.29 is 13.9 Å². The summed E-state index contributed by atoms with van der Waals surface area (Å²) in [6.45, 7) is 0. The molecule has 0 aliphatic carbocycles. The standard InChI is InChI=1S/C13H8Br2F2O/c14-8-1-2-12(17)11(6-8)13(18)7-3-9(15)5-10(16)4-7/h1-6,13,18H. The van der Waals surface area contributed by atoms with Gasteiger partial charge in [-0.05, 0) is 42.0 Å². The van der Waals surface area contributed by atoms with E-state index in [-0.39, 0.29) is 5.56 Å². The fourth-order valence-corrected chi connectivity index (χ4v) is 2.50. The van der Waals surface area contributed by atoms with Crippen molar-refractivity contribution in [1.29, 1.82) is 0 Å². The highest BCUT2D eigenvalue weighted by molar-refractivity contribution is 9.10. The molecular weight excluding hydrogens is 370 g/mol. The summed E-state index contributed by atoms with van der Waals surface area (Å²) in [7, 11) is 0. The second-order valence-corrected chi connectivity index (χ2v) is 5.60. The lowest BCUT2D eigenvalue weighted by atomic mass is 10.0. The Hall–Kier alpha value is -0.780. The highest BCUT2D eigenvalue weighted by Crippen LogP contribution is 2.29. The van der Waals surface area contributed by atoms with Gasteiger partial charge in [0.05, 0.1) is 0 Å². The molecule has 1 atom stereocenters. The molecule has 2 aromatic carbocycles. The molecule has 0 aliphatic rings. The van der Waals surface area contributed by atoms with Crippen LogP contribution in [0.3, 0.4) is 0 Å². The first kappa shape index (κ1) is 13.6. The van der Waals surface area contributed by atoms with Crippen LogP contribution in [0.4, 0.5) is 8.78 Å². The number of halogens is 4. The molecule has 0 spiro atoms. The number of hydrogen-bond donors (Lipinski definition) is 1. The zero-order valence-corrected chi connectivity index (χ0v) is 12.2. The van der Waals surface area contributed by atoms with Crippen LogP contribution in [-0.2, 0) is 0 Å². The maximum Gasteiger partial charge on any atom is 0.129 e. The molecule has 0 aliphatic heterocycles. The largest absolute Gasteiger partial charge is 0.384 e. The monoisotopic (exact) mass is 376 g/mol. The molecule has 0 amide bonds. The normalized spacial score (nSPS) is 12.5. The number of aliphatic hydroxyl groups is 1. The lowest BCUT2D eigenvalue weighted by molar-refractivity contribution is 0.214. The highest BCUT2D eigenvalue weighted by Gasteiger charge is 2.16. The van der Waals surface area contributed by atoms with Crippen LogP contribution in [0.2, 0.25) is 0 Å². The fourth-order valence-electron chi connectivity index (χ4n) is 1.64. The van der Waals surface area contributed by atoms with Crippen molar-refractivity contribution in [2.75, 3.05) is 0 Å². The zero-order valence-electron chi connectivity index (χ0n) is 9.00. The van der Waals surface area contributed by atoms with E-state index < -0.39 is 17.7 Å². The van der Waals surface area contributed by atoms with E-state index in [1.54, 1.807) is 6.07 Å². The van der Waals surface area contributed by atoms with E-state index in [2.05, 4.69) is 31.9 Å². The summed E-state index contributed by atoms with van der Waals surface area (Å²) in [6.07, 6.45) is -1.21. The van der Waals surface area contributed by atoms with Crippen molar-refractivity contribution in [2.45, 2.75) is 6.10 Å². The third kappa shape index (κ3) is 2.96. The van der Waals surface area contributed by atoms with Gasteiger partial charge in [-0.2, -0.15) is 0 Å². The third-order valence-corrected chi connectivity index (χ3v) is 3.40. The van der Waals surface area contributed by atoms with E-state index in [0.29, 0.717) is 14.5 Å². The Labute approximate surface area is 120 Å². The second kappa shape index (κ2) is 5.47. The first-order valence-corrected chi connectivity index (χ1v) is 6.65. The Balaban J connectivity index is 2.47. The summed E-state index contributed by atoms with van der Waals surface area (Å²) >= 11 is 6.34. The molecule has 0 fully saturated rings. The average Bonchev–Trinajstić information content (AvgIpc) is 2.30. The molecule has 94 valence electrons. The van der Waals surface area contributed by atoms with Gasteiger partial charge in [-0.1, -0.05) is 31.9 Å². The smallest absolute Gasteiger partial charge is 0.129 e. The maximum absolute atomic E-state index is 13.6. The molecule has 5 heteroatoms. The first-order chi connectivity index (χ1) is 8.47. The molecule has 1 unspecified atom stereocenters. The van der Waals surface area contributed by atoms with Gasteiger partial charge in [-0.15, -0.1) is 0 Å². The molecule has 0 aromatic heterocycles. The topological polar surface area (TPSA) is 20.2 Å². The van der Waals surface area contributed by atoms with Crippen molar-refractivity contribution in [3.8, 4) is 0 Å². The van der Waals surface area contributed by atoms with Crippen molar-refractivity contribution in [3.63, 3.8) is 0 Å². The van der Waals surface area contributed by atoms with Gasteiger partial charge in [0.2, 0.25) is 0 Å². The molecule has 18 heavy (non-hydrogen) atoms. The minimum atomic E-state index is -1.21. The van der Waals surface area contributed by atoms with Gasteiger partial charge in [0.25, 0.3) is 0 Å². The zero-order chi connectivity index (χ0) is 13.3. The van der Waals surface area contributed by atoms with Crippen LogP contribution in [0.25, 0.3) is 0 Å². The van der Waals surface area contributed by atoms with Gasteiger partial charge in [0.15, 0.2) is 0 Å². The van der Waals surface area contributed by atoms with Crippen molar-refractivity contribution >= 4 is 31.9 Å². The lowest BCUT2D eigenvalue weighted by Gasteiger charge is -2.13. The van der Waals surface area contributed by atoms with E-state index in [0.717, 1.165) is 0 Å². The Morgan fingerprint density at radius 3 is 2.33 bits per heavy atom.